The normalized spacial score (nSPS) is 17.5. The Kier molecular flexibility index (Phi) is 10.00. The molecule has 7 heterocycles. The van der Waals surface area contributed by atoms with Crippen LogP contribution in [0.15, 0.2) is 88.5 Å². The number of likely N-dealkylation sites (tertiary alicyclic amines) is 2. The molecular formula is C37H33F4N7O4. The van der Waals surface area contributed by atoms with Crippen molar-refractivity contribution >= 4 is 11.8 Å². The Morgan fingerprint density at radius 2 is 1.17 bits per heavy atom. The van der Waals surface area contributed by atoms with Crippen LogP contribution in [-0.2, 0) is 0 Å². The fourth-order valence-electron chi connectivity index (χ4n) is 6.42. The van der Waals surface area contributed by atoms with Crippen molar-refractivity contribution in [1.29, 1.82) is 0 Å². The van der Waals surface area contributed by atoms with Crippen LogP contribution in [0.2, 0.25) is 0 Å². The lowest BCUT2D eigenvalue weighted by Crippen LogP contribution is -2.39. The van der Waals surface area contributed by atoms with Crippen molar-refractivity contribution in [2.24, 2.45) is 0 Å². The molecule has 0 spiro atoms. The van der Waals surface area contributed by atoms with Crippen molar-refractivity contribution in [3.63, 3.8) is 0 Å². The van der Waals surface area contributed by atoms with Crippen molar-refractivity contribution in [3.8, 4) is 22.8 Å². The zero-order valence-electron chi connectivity index (χ0n) is 27.7. The number of halogens is 4. The van der Waals surface area contributed by atoms with Crippen LogP contribution in [0.25, 0.3) is 22.8 Å². The Morgan fingerprint density at radius 3 is 1.63 bits per heavy atom. The van der Waals surface area contributed by atoms with Gasteiger partial charge < -0.3 is 28.6 Å². The van der Waals surface area contributed by atoms with Crippen LogP contribution in [-0.4, -0.2) is 72.7 Å². The van der Waals surface area contributed by atoms with E-state index in [9.17, 15) is 27.2 Å². The molecule has 11 nitrogen and oxygen atoms in total. The second kappa shape index (κ2) is 15.1. The zero-order chi connectivity index (χ0) is 36.2. The number of nitrogens with zero attached hydrogens (tertiary/aromatic N) is 5. The van der Waals surface area contributed by atoms with Crippen molar-refractivity contribution < 1.29 is 36.0 Å². The first-order chi connectivity index (χ1) is 25.2. The summed E-state index contributed by atoms with van der Waals surface area (Å²) in [5.41, 5.74) is 2.95. The molecule has 2 amide bonds. The van der Waals surface area contributed by atoms with Crippen LogP contribution >= 0.6 is 0 Å². The van der Waals surface area contributed by atoms with Crippen molar-refractivity contribution in [1.82, 2.24) is 34.7 Å². The number of amides is 2. The van der Waals surface area contributed by atoms with Crippen LogP contribution in [0.5, 0.6) is 0 Å². The van der Waals surface area contributed by atoms with Gasteiger partial charge >= 0.3 is 0 Å². The second-order valence-electron chi connectivity index (χ2n) is 12.7. The van der Waals surface area contributed by atoms with Crippen LogP contribution < -0.4 is 0 Å². The first-order valence-electron chi connectivity index (χ1n) is 16.8. The van der Waals surface area contributed by atoms with E-state index in [2.05, 4.69) is 24.9 Å². The number of oxazole rings is 2. The van der Waals surface area contributed by atoms with E-state index in [0.29, 0.717) is 71.9 Å². The number of H-pyrrole nitrogens is 2. The van der Waals surface area contributed by atoms with E-state index in [0.717, 1.165) is 25.7 Å². The molecule has 1 aromatic carbocycles. The van der Waals surface area contributed by atoms with Gasteiger partial charge in [0.1, 0.15) is 41.4 Å². The molecule has 6 aromatic rings. The van der Waals surface area contributed by atoms with E-state index in [-0.39, 0.29) is 41.1 Å². The van der Waals surface area contributed by atoms with E-state index in [1.54, 1.807) is 9.80 Å². The number of pyridine rings is 1. The molecule has 52 heavy (non-hydrogen) atoms. The minimum atomic E-state index is -0.619. The topological polar surface area (TPSA) is 137 Å². The average Bonchev–Trinajstić information content (AvgIpc) is 4.00. The number of piperidine rings is 2. The fraction of sp³-hybridized carbons (Fsp3) is 0.270. The summed E-state index contributed by atoms with van der Waals surface area (Å²) in [7, 11) is 0. The van der Waals surface area contributed by atoms with Crippen LogP contribution in [0, 0.1) is 23.4 Å². The Bertz CT molecular complexity index is 1990. The highest BCUT2D eigenvalue weighted by Crippen LogP contribution is 2.31. The summed E-state index contributed by atoms with van der Waals surface area (Å²) in [5.74, 6) is -1.07. The number of carbonyl (C=O) groups is 2. The molecule has 268 valence electrons. The lowest BCUT2D eigenvalue weighted by Gasteiger charge is -2.31. The third kappa shape index (κ3) is 7.82. The first-order valence-corrected chi connectivity index (χ1v) is 16.8. The van der Waals surface area contributed by atoms with Gasteiger partial charge in [0.25, 0.3) is 11.8 Å². The van der Waals surface area contributed by atoms with E-state index in [1.165, 1.54) is 79.6 Å². The Balaban J connectivity index is 0.000000162. The number of nitrogens with one attached hydrogen (secondary N) is 2. The predicted molar refractivity (Wildman–Crippen MR) is 179 cm³/mol. The summed E-state index contributed by atoms with van der Waals surface area (Å²) in [4.78, 5) is 46.6. The molecule has 5 aromatic heterocycles. The molecule has 2 saturated heterocycles. The van der Waals surface area contributed by atoms with Crippen molar-refractivity contribution in [2.75, 3.05) is 26.2 Å². The highest BCUT2D eigenvalue weighted by atomic mass is 19.1. The molecule has 2 atom stereocenters. The molecule has 2 aliphatic heterocycles. The molecule has 0 unspecified atom stereocenters. The van der Waals surface area contributed by atoms with Gasteiger partial charge in [-0.05, 0) is 62.1 Å². The maximum absolute atomic E-state index is 13.1. The molecule has 0 saturated carbocycles. The third-order valence-corrected chi connectivity index (χ3v) is 9.07. The first kappa shape index (κ1) is 34.5. The van der Waals surface area contributed by atoms with Gasteiger partial charge in [0.2, 0.25) is 5.95 Å². The fourth-order valence-corrected chi connectivity index (χ4v) is 6.42. The Morgan fingerprint density at radius 1 is 0.673 bits per heavy atom. The van der Waals surface area contributed by atoms with Gasteiger partial charge in [-0.15, -0.1) is 0 Å². The third-order valence-electron chi connectivity index (χ3n) is 9.07. The molecule has 8 rings (SSSR count). The van der Waals surface area contributed by atoms with Gasteiger partial charge in [-0.1, -0.05) is 0 Å². The number of carbonyl (C=O) groups excluding carboxylic acids is 2. The standard InChI is InChI=1S/C19H17F2N3O2.C18H16F2N4O2/c20-14-5-3-12(4-6-14)19(25)24-7-1-2-13(10-24)18-23-17(11-26-18)16-8-15(21)9-22-16;19-13-6-14(21-8-13)15-10-26-17(23-15)12-2-1-5-24(9-12)18(25)11-3-4-16(20)22-7-11/h3-6,8-9,11,13,22H,1-2,7,10H2;3-4,6-8,10,12,21H,1-2,5,9H2/t13-;12-/m00/s1. The molecule has 2 fully saturated rings. The largest absolute Gasteiger partial charge is 0.448 e. The molecular weight excluding hydrogens is 682 g/mol. The van der Waals surface area contributed by atoms with Crippen LogP contribution in [0.1, 0.15) is 70.0 Å². The lowest BCUT2D eigenvalue weighted by atomic mass is 9.97. The summed E-state index contributed by atoms with van der Waals surface area (Å²) in [5, 5.41) is 0. The Hall–Kier alpha value is -5.99. The van der Waals surface area contributed by atoms with Crippen LogP contribution in [0.4, 0.5) is 17.6 Å². The second-order valence-corrected chi connectivity index (χ2v) is 12.7. The summed E-state index contributed by atoms with van der Waals surface area (Å²) < 4.78 is 63.4. The maximum Gasteiger partial charge on any atom is 0.255 e. The summed E-state index contributed by atoms with van der Waals surface area (Å²) >= 11 is 0. The average molecular weight is 716 g/mol. The van der Waals surface area contributed by atoms with Gasteiger partial charge in [-0.25, -0.2) is 28.1 Å². The molecule has 2 aliphatic rings. The maximum atomic E-state index is 13.1. The van der Waals surface area contributed by atoms with Gasteiger partial charge in [0.15, 0.2) is 11.8 Å². The van der Waals surface area contributed by atoms with Gasteiger partial charge in [-0.2, -0.15) is 4.39 Å². The predicted octanol–water partition coefficient (Wildman–Crippen LogP) is 7.33. The minimum absolute atomic E-state index is 0.0262. The van der Waals surface area contributed by atoms with E-state index >= 15 is 0 Å². The Labute approximate surface area is 294 Å². The quantitative estimate of drug-likeness (QED) is 0.136. The number of hydrogen-bond donors (Lipinski definition) is 2. The SMILES string of the molecule is O=C(c1ccc(F)cc1)N1CCC[C@H](c2nc(-c3cc(F)c[nH]3)co2)C1.O=C(c1ccc(F)nc1)N1CCC[C@H](c2nc(-c3cc(F)c[nH]3)co2)C1. The highest BCUT2D eigenvalue weighted by Gasteiger charge is 2.30. The number of benzene rings is 1. The number of rotatable bonds is 6. The van der Waals surface area contributed by atoms with E-state index in [1.807, 2.05) is 0 Å². The lowest BCUT2D eigenvalue weighted by molar-refractivity contribution is 0.0690. The van der Waals surface area contributed by atoms with Gasteiger partial charge in [0, 0.05) is 62.5 Å². The smallest absolute Gasteiger partial charge is 0.255 e. The number of aromatic amines is 2. The molecule has 0 radical (unpaired) electrons. The van der Waals surface area contributed by atoms with E-state index < -0.39 is 5.95 Å². The number of hydrogen-bond acceptors (Lipinski definition) is 7. The van der Waals surface area contributed by atoms with Gasteiger partial charge in [0.05, 0.1) is 28.8 Å². The van der Waals surface area contributed by atoms with E-state index in [4.69, 9.17) is 8.83 Å². The molecule has 0 bridgehead atoms. The molecule has 2 N–H and O–H groups in total. The van der Waals surface area contributed by atoms with Crippen LogP contribution in [0.3, 0.4) is 0 Å². The molecule has 0 aliphatic carbocycles. The summed E-state index contributed by atoms with van der Waals surface area (Å²) in [6.07, 6.45) is 10.0. The number of aromatic nitrogens is 5. The zero-order valence-corrected chi connectivity index (χ0v) is 27.7. The van der Waals surface area contributed by atoms with Gasteiger partial charge in [-0.3, -0.25) is 9.59 Å². The minimum Gasteiger partial charge on any atom is -0.448 e. The van der Waals surface area contributed by atoms with Crippen molar-refractivity contribution in [3.05, 3.63) is 126 Å². The molecule has 15 heteroatoms. The summed E-state index contributed by atoms with van der Waals surface area (Å²) in [6.45, 7) is 2.19. The summed E-state index contributed by atoms with van der Waals surface area (Å²) in [6, 6.07) is 10.8. The van der Waals surface area contributed by atoms with Crippen molar-refractivity contribution in [2.45, 2.75) is 37.5 Å². The monoisotopic (exact) mass is 715 g/mol. The highest BCUT2D eigenvalue weighted by molar-refractivity contribution is 5.94.